The fraction of sp³-hybridized carbons (Fsp3) is 0.667. The van der Waals surface area contributed by atoms with Crippen LogP contribution in [-0.2, 0) is 19.4 Å². The molecule has 1 aromatic heterocycles. The second kappa shape index (κ2) is 6.19. The van der Waals surface area contributed by atoms with E-state index < -0.39 is 0 Å². The number of aromatic nitrogens is 1. The normalized spacial score (nSPS) is 16.2. The molecule has 1 heterocycles. The molecule has 2 N–H and O–H groups in total. The summed E-state index contributed by atoms with van der Waals surface area (Å²) in [6, 6.07) is 2.20. The molecule has 0 radical (unpaired) electrons. The van der Waals surface area contributed by atoms with E-state index >= 15 is 0 Å². The molecule has 0 bridgehead atoms. The van der Waals surface area contributed by atoms with E-state index in [4.69, 9.17) is 15.5 Å². The Balaban J connectivity index is 2.22. The van der Waals surface area contributed by atoms with Gasteiger partial charge in [0.05, 0.1) is 6.10 Å². The second-order valence-corrected chi connectivity index (χ2v) is 5.19. The molecule has 0 amide bonds. The lowest BCUT2D eigenvalue weighted by molar-refractivity contribution is 0.198. The highest BCUT2D eigenvalue weighted by molar-refractivity contribution is 5.35. The van der Waals surface area contributed by atoms with Gasteiger partial charge in [-0.3, -0.25) is 0 Å². The first-order chi connectivity index (χ1) is 8.74. The van der Waals surface area contributed by atoms with Crippen molar-refractivity contribution in [2.45, 2.75) is 65.0 Å². The highest BCUT2D eigenvalue weighted by Gasteiger charge is 2.16. The van der Waals surface area contributed by atoms with Crippen molar-refractivity contribution in [3.05, 3.63) is 22.9 Å². The van der Waals surface area contributed by atoms with Gasteiger partial charge in [-0.15, -0.1) is 0 Å². The van der Waals surface area contributed by atoms with Crippen molar-refractivity contribution in [1.82, 2.24) is 4.98 Å². The van der Waals surface area contributed by atoms with Gasteiger partial charge in [-0.05, 0) is 50.7 Å². The minimum atomic E-state index is 0.217. The standard InChI is InChI=1S/C15H24N2O/c1-3-6-11(2)18-15-13(10-16)9-12-7-4-5-8-14(12)17-15/h9,11H,3-8,10,16H2,1-2H3. The number of pyridine rings is 1. The predicted molar refractivity (Wildman–Crippen MR) is 73.8 cm³/mol. The van der Waals surface area contributed by atoms with Crippen LogP contribution in [0.15, 0.2) is 6.07 Å². The summed E-state index contributed by atoms with van der Waals surface area (Å²) in [5.74, 6) is 0.763. The lowest BCUT2D eigenvalue weighted by atomic mass is 9.95. The third kappa shape index (κ3) is 3.02. The van der Waals surface area contributed by atoms with Crippen LogP contribution < -0.4 is 10.5 Å². The number of rotatable bonds is 5. The minimum absolute atomic E-state index is 0.217. The number of aryl methyl sites for hydroxylation is 2. The molecule has 3 heteroatoms. The monoisotopic (exact) mass is 248 g/mol. The summed E-state index contributed by atoms with van der Waals surface area (Å²) in [4.78, 5) is 4.70. The molecule has 0 spiro atoms. The molecule has 0 aromatic carbocycles. The SMILES string of the molecule is CCCC(C)Oc1nc2c(cc1CN)CCCC2. The number of ether oxygens (including phenoxy) is 1. The molecule has 1 atom stereocenters. The van der Waals surface area contributed by atoms with Gasteiger partial charge >= 0.3 is 0 Å². The van der Waals surface area contributed by atoms with Gasteiger partial charge in [-0.1, -0.05) is 13.3 Å². The highest BCUT2D eigenvalue weighted by Crippen LogP contribution is 2.26. The second-order valence-electron chi connectivity index (χ2n) is 5.19. The lowest BCUT2D eigenvalue weighted by Crippen LogP contribution is -2.17. The van der Waals surface area contributed by atoms with Crippen LogP contribution in [0.5, 0.6) is 5.88 Å². The van der Waals surface area contributed by atoms with Crippen molar-refractivity contribution >= 4 is 0 Å². The fourth-order valence-electron chi connectivity index (χ4n) is 2.57. The summed E-state index contributed by atoms with van der Waals surface area (Å²) < 4.78 is 5.95. The van der Waals surface area contributed by atoms with Gasteiger partial charge in [0, 0.05) is 17.8 Å². The van der Waals surface area contributed by atoms with Crippen molar-refractivity contribution < 1.29 is 4.74 Å². The first-order valence-corrected chi connectivity index (χ1v) is 7.13. The third-order valence-corrected chi connectivity index (χ3v) is 3.57. The largest absolute Gasteiger partial charge is 0.474 e. The molecular weight excluding hydrogens is 224 g/mol. The molecule has 1 unspecified atom stereocenters. The Morgan fingerprint density at radius 3 is 2.89 bits per heavy atom. The summed E-state index contributed by atoms with van der Waals surface area (Å²) in [6.45, 7) is 4.78. The molecule has 18 heavy (non-hydrogen) atoms. The quantitative estimate of drug-likeness (QED) is 0.871. The number of nitrogens with two attached hydrogens (primary N) is 1. The summed E-state index contributed by atoms with van der Waals surface area (Å²) in [6.07, 6.45) is 7.14. The number of hydrogen-bond acceptors (Lipinski definition) is 3. The molecule has 1 aliphatic carbocycles. The first-order valence-electron chi connectivity index (χ1n) is 7.13. The van der Waals surface area contributed by atoms with Gasteiger partial charge < -0.3 is 10.5 Å². The first kappa shape index (κ1) is 13.3. The van der Waals surface area contributed by atoms with Crippen molar-refractivity contribution in [3.8, 4) is 5.88 Å². The molecule has 0 saturated heterocycles. The van der Waals surface area contributed by atoms with E-state index in [0.29, 0.717) is 6.54 Å². The van der Waals surface area contributed by atoms with Crippen molar-refractivity contribution in [2.75, 3.05) is 0 Å². The van der Waals surface area contributed by atoms with E-state index in [0.717, 1.165) is 37.1 Å². The van der Waals surface area contributed by atoms with E-state index in [1.807, 2.05) is 0 Å². The number of hydrogen-bond donors (Lipinski definition) is 1. The van der Waals surface area contributed by atoms with Crippen LogP contribution in [0.1, 0.15) is 56.4 Å². The number of nitrogens with zero attached hydrogens (tertiary/aromatic N) is 1. The Hall–Kier alpha value is -1.09. The van der Waals surface area contributed by atoms with E-state index in [9.17, 15) is 0 Å². The zero-order chi connectivity index (χ0) is 13.0. The zero-order valence-electron chi connectivity index (χ0n) is 11.5. The Bertz CT molecular complexity index is 404. The molecular formula is C15H24N2O. The van der Waals surface area contributed by atoms with Crippen LogP contribution >= 0.6 is 0 Å². The van der Waals surface area contributed by atoms with Crippen LogP contribution in [0.25, 0.3) is 0 Å². The summed E-state index contributed by atoms with van der Waals surface area (Å²) >= 11 is 0. The van der Waals surface area contributed by atoms with Gasteiger partial charge in [0.1, 0.15) is 0 Å². The zero-order valence-corrected chi connectivity index (χ0v) is 11.5. The number of fused-ring (bicyclic) bond motifs is 1. The highest BCUT2D eigenvalue weighted by atomic mass is 16.5. The third-order valence-electron chi connectivity index (χ3n) is 3.57. The smallest absolute Gasteiger partial charge is 0.218 e. The average Bonchev–Trinajstić information content (AvgIpc) is 2.38. The van der Waals surface area contributed by atoms with Crippen molar-refractivity contribution in [2.24, 2.45) is 5.73 Å². The maximum absolute atomic E-state index is 5.95. The minimum Gasteiger partial charge on any atom is -0.474 e. The van der Waals surface area contributed by atoms with E-state index in [2.05, 4.69) is 19.9 Å². The molecule has 0 saturated carbocycles. The average molecular weight is 248 g/mol. The van der Waals surface area contributed by atoms with Gasteiger partial charge in [0.25, 0.3) is 0 Å². The molecule has 1 aromatic rings. The van der Waals surface area contributed by atoms with Crippen LogP contribution in [0.4, 0.5) is 0 Å². The van der Waals surface area contributed by atoms with Gasteiger partial charge in [0.2, 0.25) is 5.88 Å². The van der Waals surface area contributed by atoms with E-state index in [-0.39, 0.29) is 6.10 Å². The maximum Gasteiger partial charge on any atom is 0.218 e. The molecule has 1 aliphatic rings. The summed E-state index contributed by atoms with van der Waals surface area (Å²) in [7, 11) is 0. The Labute approximate surface area is 110 Å². The van der Waals surface area contributed by atoms with Gasteiger partial charge in [0.15, 0.2) is 0 Å². The molecule has 0 fully saturated rings. The summed E-state index contributed by atoms with van der Waals surface area (Å²) in [5, 5.41) is 0. The lowest BCUT2D eigenvalue weighted by Gasteiger charge is -2.20. The summed E-state index contributed by atoms with van der Waals surface area (Å²) in [5.41, 5.74) is 9.46. The van der Waals surface area contributed by atoms with Crippen LogP contribution in [0.3, 0.4) is 0 Å². The predicted octanol–water partition coefficient (Wildman–Crippen LogP) is 2.99. The van der Waals surface area contributed by atoms with Crippen LogP contribution in [0, 0.1) is 0 Å². The fourth-order valence-corrected chi connectivity index (χ4v) is 2.57. The molecule has 0 aliphatic heterocycles. The van der Waals surface area contributed by atoms with E-state index in [1.54, 1.807) is 0 Å². The Morgan fingerprint density at radius 1 is 1.39 bits per heavy atom. The maximum atomic E-state index is 5.95. The van der Waals surface area contributed by atoms with Crippen molar-refractivity contribution in [1.29, 1.82) is 0 Å². The van der Waals surface area contributed by atoms with Crippen molar-refractivity contribution in [3.63, 3.8) is 0 Å². The van der Waals surface area contributed by atoms with Crippen LogP contribution in [-0.4, -0.2) is 11.1 Å². The Kier molecular flexibility index (Phi) is 4.59. The molecule has 2 rings (SSSR count). The molecule has 3 nitrogen and oxygen atoms in total. The molecule has 100 valence electrons. The van der Waals surface area contributed by atoms with Gasteiger partial charge in [-0.2, -0.15) is 0 Å². The van der Waals surface area contributed by atoms with E-state index in [1.165, 1.54) is 24.1 Å². The van der Waals surface area contributed by atoms with Gasteiger partial charge in [-0.25, -0.2) is 4.98 Å². The van der Waals surface area contributed by atoms with Crippen LogP contribution in [0.2, 0.25) is 0 Å². The Morgan fingerprint density at radius 2 is 2.17 bits per heavy atom. The topological polar surface area (TPSA) is 48.1 Å².